The number of hydrogen-bond donors (Lipinski definition) is 0. The maximum absolute atomic E-state index is 11.1. The second-order valence-electron chi connectivity index (χ2n) is 2.34. The van der Waals surface area contributed by atoms with Gasteiger partial charge in [0.05, 0.1) is 0 Å². The number of thioether (sulfide) groups is 1. The Morgan fingerprint density at radius 3 is 2.83 bits per heavy atom. The van der Waals surface area contributed by atoms with Gasteiger partial charge in [0, 0.05) is 17.6 Å². The largest absolute Gasteiger partial charge is 0.349 e. The molecule has 1 aromatic carbocycles. The van der Waals surface area contributed by atoms with Crippen molar-refractivity contribution in [2.45, 2.75) is 11.2 Å². The summed E-state index contributed by atoms with van der Waals surface area (Å²) in [6, 6.07) is 7.47. The highest BCUT2D eigenvalue weighted by Crippen LogP contribution is 2.20. The fraction of sp³-hybridized carbons (Fsp3) is 0.333. The van der Waals surface area contributed by atoms with Gasteiger partial charge in [0.15, 0.2) is 0 Å². The predicted molar refractivity (Wildman–Crippen MR) is 48.7 cm³/mol. The van der Waals surface area contributed by atoms with E-state index in [-0.39, 0.29) is 0 Å². The Morgan fingerprint density at radius 1 is 1.50 bits per heavy atom. The van der Waals surface area contributed by atoms with Crippen LogP contribution in [0.3, 0.4) is 0 Å². The first-order valence-corrected chi connectivity index (χ1v) is 4.83. The summed E-state index contributed by atoms with van der Waals surface area (Å²) in [5.41, 5.74) is 0.685. The topological polar surface area (TPSA) is 29.1 Å². The van der Waals surface area contributed by atoms with Crippen LogP contribution in [0.5, 0.6) is 0 Å². The van der Waals surface area contributed by atoms with Crippen LogP contribution in [0.2, 0.25) is 0 Å². The maximum Gasteiger partial charge on any atom is 0.217 e. The van der Waals surface area contributed by atoms with E-state index in [1.165, 1.54) is 7.11 Å². The van der Waals surface area contributed by atoms with Gasteiger partial charge in [0.25, 0.3) is 0 Å². The maximum atomic E-state index is 11.1. The molecule has 1 aromatic rings. The Bertz CT molecular complexity index is 250. The molecule has 3 heteroatoms. The summed E-state index contributed by atoms with van der Waals surface area (Å²) in [5.74, 6) is 0. The molecule has 0 amide bonds. The highest BCUT2D eigenvalue weighted by Gasteiger charge is 2.06. The van der Waals surface area contributed by atoms with Crippen molar-refractivity contribution in [2.24, 2.45) is 0 Å². The minimum absolute atomic E-state index is 0.685. The van der Waals surface area contributed by atoms with Crippen LogP contribution in [0.4, 0.5) is 0 Å². The fourth-order valence-corrected chi connectivity index (χ4v) is 1.39. The normalized spacial score (nSPS) is 12.9. The quantitative estimate of drug-likeness (QED) is 0.532. The highest BCUT2D eigenvalue weighted by atomic mass is 32.2. The Morgan fingerprint density at radius 2 is 2.25 bits per heavy atom. The molecule has 0 N–H and O–H groups in total. The van der Waals surface area contributed by atoms with Gasteiger partial charge in [-0.3, -0.25) is 0 Å². The Kier molecular flexibility index (Phi) is 3.59. The molecule has 1 radical (unpaired) electrons. The second kappa shape index (κ2) is 4.50. The minimum Gasteiger partial charge on any atom is -0.349 e. The number of benzene rings is 1. The molecule has 0 saturated carbocycles. The molecule has 0 saturated heterocycles. The van der Waals surface area contributed by atoms with Gasteiger partial charge in [-0.05, 0) is 18.4 Å². The minimum atomic E-state index is -1.06. The molecule has 65 valence electrons. The van der Waals surface area contributed by atoms with E-state index in [0.29, 0.717) is 5.56 Å². The van der Waals surface area contributed by atoms with Gasteiger partial charge in [-0.1, -0.05) is 12.1 Å². The lowest BCUT2D eigenvalue weighted by Gasteiger charge is -2.06. The monoisotopic (exact) mass is 183 g/mol. The van der Waals surface area contributed by atoms with E-state index in [1.807, 2.05) is 24.5 Å². The zero-order valence-electron chi connectivity index (χ0n) is 7.11. The highest BCUT2D eigenvalue weighted by molar-refractivity contribution is 7.98. The van der Waals surface area contributed by atoms with Gasteiger partial charge >= 0.3 is 0 Å². The lowest BCUT2D eigenvalue weighted by atomic mass is 10.2. The first-order valence-electron chi connectivity index (χ1n) is 3.60. The molecule has 1 rings (SSSR count). The van der Waals surface area contributed by atoms with E-state index < -0.39 is 6.29 Å². The van der Waals surface area contributed by atoms with Gasteiger partial charge in [-0.15, -0.1) is 11.8 Å². The molecule has 0 heterocycles. The molecule has 0 fully saturated rings. The SMILES string of the molecule is COC([O])c1cccc(SC)c1. The second-order valence-corrected chi connectivity index (χ2v) is 3.22. The molecule has 2 nitrogen and oxygen atoms in total. The third-order valence-corrected chi connectivity index (χ3v) is 2.31. The van der Waals surface area contributed by atoms with Crippen LogP contribution in [0, 0.1) is 0 Å². The van der Waals surface area contributed by atoms with Crippen molar-refractivity contribution in [2.75, 3.05) is 13.4 Å². The van der Waals surface area contributed by atoms with Gasteiger partial charge < -0.3 is 4.74 Å². The van der Waals surface area contributed by atoms with Gasteiger partial charge in [0.2, 0.25) is 6.29 Å². The number of hydrogen-bond acceptors (Lipinski definition) is 2. The fourth-order valence-electron chi connectivity index (χ4n) is 0.924. The van der Waals surface area contributed by atoms with Crippen molar-refractivity contribution in [3.8, 4) is 0 Å². The molecule has 0 aromatic heterocycles. The van der Waals surface area contributed by atoms with Crippen LogP contribution >= 0.6 is 11.8 Å². The number of methoxy groups -OCH3 is 1. The third-order valence-electron chi connectivity index (χ3n) is 1.58. The standard InChI is InChI=1S/C9H11O2S/c1-11-9(10)7-4-3-5-8(6-7)12-2/h3-6,9H,1-2H3. The summed E-state index contributed by atoms with van der Waals surface area (Å²) < 4.78 is 4.67. The molecule has 0 aliphatic rings. The van der Waals surface area contributed by atoms with E-state index in [1.54, 1.807) is 17.8 Å². The molecule has 1 unspecified atom stereocenters. The van der Waals surface area contributed by atoms with E-state index in [2.05, 4.69) is 4.74 Å². The first-order chi connectivity index (χ1) is 5.77. The molecule has 0 spiro atoms. The molecular formula is C9H11O2S. The Hall–Kier alpha value is -0.510. The lowest BCUT2D eigenvalue weighted by molar-refractivity contribution is -0.123. The van der Waals surface area contributed by atoms with E-state index in [4.69, 9.17) is 0 Å². The summed E-state index contributed by atoms with van der Waals surface area (Å²) in [6.45, 7) is 0. The summed E-state index contributed by atoms with van der Waals surface area (Å²) >= 11 is 1.62. The molecule has 0 aliphatic carbocycles. The number of ether oxygens (including phenoxy) is 1. The van der Waals surface area contributed by atoms with Crippen LogP contribution in [-0.4, -0.2) is 13.4 Å². The molecule has 0 aliphatic heterocycles. The van der Waals surface area contributed by atoms with Crippen molar-refractivity contribution in [3.05, 3.63) is 29.8 Å². The smallest absolute Gasteiger partial charge is 0.217 e. The first kappa shape index (κ1) is 9.58. The van der Waals surface area contributed by atoms with E-state index in [0.717, 1.165) is 4.90 Å². The van der Waals surface area contributed by atoms with Crippen molar-refractivity contribution in [3.63, 3.8) is 0 Å². The average molecular weight is 183 g/mol. The molecular weight excluding hydrogens is 172 g/mol. The Labute approximate surface area is 76.6 Å². The van der Waals surface area contributed by atoms with Gasteiger partial charge in [-0.25, -0.2) is 0 Å². The van der Waals surface area contributed by atoms with Crippen LogP contribution in [0.1, 0.15) is 11.9 Å². The Balaban J connectivity index is 2.86. The van der Waals surface area contributed by atoms with E-state index in [9.17, 15) is 5.11 Å². The zero-order chi connectivity index (χ0) is 8.97. The van der Waals surface area contributed by atoms with Crippen LogP contribution in [-0.2, 0) is 9.84 Å². The molecule has 0 bridgehead atoms. The zero-order valence-corrected chi connectivity index (χ0v) is 7.93. The third kappa shape index (κ3) is 2.24. The lowest BCUT2D eigenvalue weighted by Crippen LogP contribution is -1.97. The molecule has 1 atom stereocenters. The summed E-state index contributed by atoms with van der Waals surface area (Å²) in [4.78, 5) is 1.09. The van der Waals surface area contributed by atoms with Gasteiger partial charge in [0.1, 0.15) is 0 Å². The van der Waals surface area contributed by atoms with E-state index >= 15 is 0 Å². The average Bonchev–Trinajstić information content (AvgIpc) is 2.17. The van der Waals surface area contributed by atoms with Crippen LogP contribution in [0.25, 0.3) is 0 Å². The summed E-state index contributed by atoms with van der Waals surface area (Å²) in [6.07, 6.45) is 0.920. The summed E-state index contributed by atoms with van der Waals surface area (Å²) in [5, 5.41) is 11.1. The predicted octanol–water partition coefficient (Wildman–Crippen LogP) is 2.48. The van der Waals surface area contributed by atoms with Crippen molar-refractivity contribution < 1.29 is 9.84 Å². The van der Waals surface area contributed by atoms with Crippen LogP contribution < -0.4 is 0 Å². The molecule has 12 heavy (non-hydrogen) atoms. The van der Waals surface area contributed by atoms with Crippen molar-refractivity contribution in [1.29, 1.82) is 0 Å². The number of rotatable bonds is 3. The van der Waals surface area contributed by atoms with Crippen molar-refractivity contribution in [1.82, 2.24) is 0 Å². The van der Waals surface area contributed by atoms with Gasteiger partial charge in [-0.2, -0.15) is 5.11 Å². The van der Waals surface area contributed by atoms with Crippen molar-refractivity contribution >= 4 is 11.8 Å². The van der Waals surface area contributed by atoms with Crippen LogP contribution in [0.15, 0.2) is 29.2 Å². The summed E-state index contributed by atoms with van der Waals surface area (Å²) in [7, 11) is 1.42.